The van der Waals surface area contributed by atoms with Gasteiger partial charge in [0.1, 0.15) is 5.82 Å². The number of rotatable bonds is 4. The molecule has 1 aromatic carbocycles. The SMILES string of the molecule is CCC(CN)c1ncc(-c2ccc(Br)cc2)[nH]1. The van der Waals surface area contributed by atoms with E-state index in [9.17, 15) is 0 Å². The van der Waals surface area contributed by atoms with Crippen molar-refractivity contribution in [3.05, 3.63) is 40.8 Å². The van der Waals surface area contributed by atoms with Crippen molar-refractivity contribution in [2.45, 2.75) is 19.3 Å². The van der Waals surface area contributed by atoms with Gasteiger partial charge in [-0.1, -0.05) is 35.0 Å². The van der Waals surface area contributed by atoms with E-state index >= 15 is 0 Å². The van der Waals surface area contributed by atoms with Crippen LogP contribution in [0.2, 0.25) is 0 Å². The molecular weight excluding hydrogens is 278 g/mol. The molecule has 3 N–H and O–H groups in total. The first-order valence-electron chi connectivity index (χ1n) is 5.75. The summed E-state index contributed by atoms with van der Waals surface area (Å²) in [6.07, 6.45) is 2.88. The van der Waals surface area contributed by atoms with Gasteiger partial charge >= 0.3 is 0 Å². The van der Waals surface area contributed by atoms with Crippen LogP contribution in [-0.4, -0.2) is 16.5 Å². The predicted molar refractivity (Wildman–Crippen MR) is 73.8 cm³/mol. The van der Waals surface area contributed by atoms with E-state index in [1.807, 2.05) is 18.3 Å². The van der Waals surface area contributed by atoms with E-state index in [1.165, 1.54) is 0 Å². The minimum absolute atomic E-state index is 0.319. The van der Waals surface area contributed by atoms with Crippen LogP contribution in [0.15, 0.2) is 34.9 Å². The average Bonchev–Trinajstić information content (AvgIpc) is 2.81. The summed E-state index contributed by atoms with van der Waals surface area (Å²) in [5.74, 6) is 1.30. The number of hydrogen-bond acceptors (Lipinski definition) is 2. The van der Waals surface area contributed by atoms with Crippen LogP contribution in [0.1, 0.15) is 25.1 Å². The molecule has 1 aromatic heterocycles. The first-order chi connectivity index (χ1) is 8.24. The molecule has 0 spiro atoms. The van der Waals surface area contributed by atoms with Crippen LogP contribution in [-0.2, 0) is 0 Å². The van der Waals surface area contributed by atoms with Crippen LogP contribution < -0.4 is 5.73 Å². The molecule has 2 aromatic rings. The number of benzene rings is 1. The van der Waals surface area contributed by atoms with Crippen molar-refractivity contribution < 1.29 is 0 Å². The van der Waals surface area contributed by atoms with Gasteiger partial charge in [-0.15, -0.1) is 0 Å². The number of imidazole rings is 1. The minimum atomic E-state index is 0.319. The molecule has 0 fully saturated rings. The molecule has 0 saturated carbocycles. The molecule has 17 heavy (non-hydrogen) atoms. The van der Waals surface area contributed by atoms with E-state index in [0.717, 1.165) is 28.0 Å². The summed E-state index contributed by atoms with van der Waals surface area (Å²) in [6, 6.07) is 8.17. The largest absolute Gasteiger partial charge is 0.342 e. The number of nitrogens with two attached hydrogens (primary N) is 1. The maximum Gasteiger partial charge on any atom is 0.110 e. The Kier molecular flexibility index (Phi) is 3.97. The third-order valence-electron chi connectivity index (χ3n) is 2.91. The Balaban J connectivity index is 2.26. The lowest BCUT2D eigenvalue weighted by Gasteiger charge is -2.07. The van der Waals surface area contributed by atoms with E-state index in [4.69, 9.17) is 5.73 Å². The van der Waals surface area contributed by atoms with Gasteiger partial charge in [-0.05, 0) is 24.1 Å². The van der Waals surface area contributed by atoms with Gasteiger partial charge in [0, 0.05) is 16.9 Å². The van der Waals surface area contributed by atoms with Crippen molar-refractivity contribution in [3.8, 4) is 11.3 Å². The van der Waals surface area contributed by atoms with E-state index in [-0.39, 0.29) is 0 Å². The summed E-state index contributed by atoms with van der Waals surface area (Å²) < 4.78 is 1.08. The Morgan fingerprint density at radius 3 is 2.65 bits per heavy atom. The molecule has 1 unspecified atom stereocenters. The average molecular weight is 294 g/mol. The van der Waals surface area contributed by atoms with E-state index in [0.29, 0.717) is 12.5 Å². The Morgan fingerprint density at radius 2 is 2.06 bits per heavy atom. The second-order valence-electron chi connectivity index (χ2n) is 4.03. The third-order valence-corrected chi connectivity index (χ3v) is 3.44. The van der Waals surface area contributed by atoms with Crippen LogP contribution in [0, 0.1) is 0 Å². The maximum absolute atomic E-state index is 5.72. The fourth-order valence-electron chi connectivity index (χ4n) is 1.79. The monoisotopic (exact) mass is 293 g/mol. The summed E-state index contributed by atoms with van der Waals surface area (Å²) in [7, 11) is 0. The Labute approximate surface area is 110 Å². The molecule has 0 aliphatic heterocycles. The van der Waals surface area contributed by atoms with Gasteiger partial charge in [0.25, 0.3) is 0 Å². The Hall–Kier alpha value is -1.13. The van der Waals surface area contributed by atoms with Crippen molar-refractivity contribution in [2.24, 2.45) is 5.73 Å². The summed E-state index contributed by atoms with van der Waals surface area (Å²) in [4.78, 5) is 7.75. The Bertz CT molecular complexity index is 472. The molecule has 0 amide bonds. The zero-order valence-electron chi connectivity index (χ0n) is 9.78. The highest BCUT2D eigenvalue weighted by Gasteiger charge is 2.11. The van der Waals surface area contributed by atoms with Crippen molar-refractivity contribution in [1.82, 2.24) is 9.97 Å². The molecule has 0 saturated heterocycles. The molecule has 3 nitrogen and oxygen atoms in total. The number of halogens is 1. The first-order valence-corrected chi connectivity index (χ1v) is 6.54. The molecule has 1 atom stereocenters. The maximum atomic E-state index is 5.72. The smallest absolute Gasteiger partial charge is 0.110 e. The first kappa shape index (κ1) is 12.3. The lowest BCUT2D eigenvalue weighted by Crippen LogP contribution is -2.12. The van der Waals surface area contributed by atoms with Crippen LogP contribution >= 0.6 is 15.9 Å². The normalized spacial score (nSPS) is 12.6. The summed E-state index contributed by atoms with van der Waals surface area (Å²) in [5.41, 5.74) is 7.90. The number of H-pyrrole nitrogens is 1. The second kappa shape index (κ2) is 5.47. The molecule has 0 bridgehead atoms. The van der Waals surface area contributed by atoms with Gasteiger partial charge in [0.2, 0.25) is 0 Å². The van der Waals surface area contributed by atoms with Gasteiger partial charge in [0.05, 0.1) is 11.9 Å². The molecular formula is C13H16BrN3. The van der Waals surface area contributed by atoms with Crippen molar-refractivity contribution in [2.75, 3.05) is 6.54 Å². The van der Waals surface area contributed by atoms with Gasteiger partial charge < -0.3 is 10.7 Å². The molecule has 0 aliphatic rings. The molecule has 4 heteroatoms. The summed E-state index contributed by atoms with van der Waals surface area (Å²) >= 11 is 3.43. The quantitative estimate of drug-likeness (QED) is 0.909. The number of hydrogen-bond donors (Lipinski definition) is 2. The predicted octanol–water partition coefficient (Wildman–Crippen LogP) is 3.29. The molecule has 2 rings (SSSR count). The standard InChI is InChI=1S/C13H16BrN3/c1-2-9(7-15)13-16-8-12(17-13)10-3-5-11(14)6-4-10/h3-6,8-9H,2,7,15H2,1H3,(H,16,17). The van der Waals surface area contributed by atoms with Gasteiger partial charge in [-0.2, -0.15) is 0 Å². The number of nitrogens with one attached hydrogen (secondary N) is 1. The number of nitrogens with zero attached hydrogens (tertiary/aromatic N) is 1. The Morgan fingerprint density at radius 1 is 1.35 bits per heavy atom. The van der Waals surface area contributed by atoms with Crippen LogP contribution in [0.25, 0.3) is 11.3 Å². The topological polar surface area (TPSA) is 54.7 Å². The lowest BCUT2D eigenvalue weighted by molar-refractivity contribution is 0.639. The lowest BCUT2D eigenvalue weighted by atomic mass is 10.1. The summed E-state index contributed by atoms with van der Waals surface area (Å²) in [5, 5.41) is 0. The fraction of sp³-hybridized carbons (Fsp3) is 0.308. The van der Waals surface area contributed by atoms with Crippen LogP contribution in [0.5, 0.6) is 0 Å². The zero-order valence-corrected chi connectivity index (χ0v) is 11.4. The zero-order chi connectivity index (χ0) is 12.3. The van der Waals surface area contributed by atoms with Crippen LogP contribution in [0.3, 0.4) is 0 Å². The van der Waals surface area contributed by atoms with Crippen molar-refractivity contribution in [3.63, 3.8) is 0 Å². The summed E-state index contributed by atoms with van der Waals surface area (Å²) in [6.45, 7) is 2.75. The van der Waals surface area contributed by atoms with Crippen molar-refractivity contribution >= 4 is 15.9 Å². The number of aromatic nitrogens is 2. The highest BCUT2D eigenvalue weighted by molar-refractivity contribution is 9.10. The highest BCUT2D eigenvalue weighted by Crippen LogP contribution is 2.22. The van der Waals surface area contributed by atoms with E-state index in [1.54, 1.807) is 0 Å². The fourth-order valence-corrected chi connectivity index (χ4v) is 2.06. The second-order valence-corrected chi connectivity index (χ2v) is 4.95. The van der Waals surface area contributed by atoms with Gasteiger partial charge in [0.15, 0.2) is 0 Å². The third kappa shape index (κ3) is 2.76. The van der Waals surface area contributed by atoms with Gasteiger partial charge in [-0.25, -0.2) is 4.98 Å². The minimum Gasteiger partial charge on any atom is -0.342 e. The van der Waals surface area contributed by atoms with E-state index in [2.05, 4.69) is 45.0 Å². The van der Waals surface area contributed by atoms with Crippen molar-refractivity contribution in [1.29, 1.82) is 0 Å². The van der Waals surface area contributed by atoms with E-state index < -0.39 is 0 Å². The molecule has 0 radical (unpaired) electrons. The molecule has 0 aliphatic carbocycles. The number of aromatic amines is 1. The molecule has 90 valence electrons. The molecule has 1 heterocycles. The van der Waals surface area contributed by atoms with Crippen LogP contribution in [0.4, 0.5) is 0 Å². The highest BCUT2D eigenvalue weighted by atomic mass is 79.9. The van der Waals surface area contributed by atoms with Gasteiger partial charge in [-0.3, -0.25) is 0 Å².